The molecule has 7 heteroatoms. The van der Waals surface area contributed by atoms with E-state index in [-0.39, 0.29) is 18.3 Å². The number of oxazole rings is 1. The van der Waals surface area contributed by atoms with Crippen molar-refractivity contribution in [2.24, 2.45) is 0 Å². The zero-order chi connectivity index (χ0) is 17.2. The average Bonchev–Trinajstić information content (AvgIpc) is 3.05. The fraction of sp³-hybridized carbons (Fsp3) is 0.167. The second-order valence-corrected chi connectivity index (χ2v) is 5.55. The van der Waals surface area contributed by atoms with E-state index in [2.05, 4.69) is 9.97 Å². The van der Waals surface area contributed by atoms with Gasteiger partial charge in [0.15, 0.2) is 6.61 Å². The van der Waals surface area contributed by atoms with Gasteiger partial charge in [-0.15, -0.1) is 0 Å². The van der Waals surface area contributed by atoms with Crippen LogP contribution in [0.1, 0.15) is 22.1 Å². The molecule has 0 spiro atoms. The minimum absolute atomic E-state index is 0.131. The van der Waals surface area contributed by atoms with Crippen LogP contribution in [0.4, 0.5) is 10.1 Å². The monoisotopic (exact) mass is 339 g/mol. The molecule has 0 saturated carbocycles. The molecule has 2 aromatic heterocycles. The molecule has 6 nitrogen and oxygen atoms in total. The van der Waals surface area contributed by atoms with Gasteiger partial charge in [0.25, 0.3) is 5.91 Å². The van der Waals surface area contributed by atoms with Crippen LogP contribution >= 0.6 is 0 Å². The SMILES string of the molecule is O=C1c2oc(COc3ccccc3)nc2CCN1c1cncc(F)c1. The number of hydrogen-bond donors (Lipinski definition) is 0. The summed E-state index contributed by atoms with van der Waals surface area (Å²) < 4.78 is 24.5. The summed E-state index contributed by atoms with van der Waals surface area (Å²) in [7, 11) is 0. The summed E-state index contributed by atoms with van der Waals surface area (Å²) in [6, 6.07) is 10.5. The number of hydrogen-bond acceptors (Lipinski definition) is 5. The van der Waals surface area contributed by atoms with Crippen LogP contribution in [0, 0.1) is 5.82 Å². The molecule has 0 atom stereocenters. The summed E-state index contributed by atoms with van der Waals surface area (Å²) in [5.41, 5.74) is 0.992. The molecule has 0 radical (unpaired) electrons. The lowest BCUT2D eigenvalue weighted by atomic mass is 10.1. The zero-order valence-electron chi connectivity index (χ0n) is 13.2. The third-order valence-electron chi connectivity index (χ3n) is 3.86. The summed E-state index contributed by atoms with van der Waals surface area (Å²) >= 11 is 0. The number of para-hydroxylation sites is 1. The molecular weight excluding hydrogens is 325 g/mol. The molecule has 0 unspecified atom stereocenters. The molecular formula is C18H14FN3O3. The van der Waals surface area contributed by atoms with Crippen LogP contribution in [0.3, 0.4) is 0 Å². The lowest BCUT2D eigenvalue weighted by Gasteiger charge is -2.24. The van der Waals surface area contributed by atoms with Gasteiger partial charge in [-0.2, -0.15) is 0 Å². The van der Waals surface area contributed by atoms with Gasteiger partial charge in [-0.1, -0.05) is 18.2 Å². The van der Waals surface area contributed by atoms with Crippen molar-refractivity contribution >= 4 is 11.6 Å². The average molecular weight is 339 g/mol. The van der Waals surface area contributed by atoms with Crippen LogP contribution in [0.5, 0.6) is 5.75 Å². The standard InChI is InChI=1S/C18H14FN3O3/c19-12-8-13(10-20-9-12)22-7-6-15-17(18(22)23)25-16(21-15)11-24-14-4-2-1-3-5-14/h1-5,8-10H,6-7,11H2. The van der Waals surface area contributed by atoms with E-state index in [9.17, 15) is 9.18 Å². The number of fused-ring (bicyclic) bond motifs is 1. The van der Waals surface area contributed by atoms with Crippen LogP contribution in [0.2, 0.25) is 0 Å². The molecule has 3 aromatic rings. The van der Waals surface area contributed by atoms with Gasteiger partial charge in [0.05, 0.1) is 23.8 Å². The quantitative estimate of drug-likeness (QED) is 0.731. The number of ether oxygens (including phenoxy) is 1. The minimum atomic E-state index is -0.495. The molecule has 0 saturated heterocycles. The first-order valence-electron chi connectivity index (χ1n) is 7.79. The smallest absolute Gasteiger partial charge is 0.296 e. The maximum absolute atomic E-state index is 13.4. The van der Waals surface area contributed by atoms with Crippen LogP contribution in [0.25, 0.3) is 0 Å². The first-order chi connectivity index (χ1) is 12.2. The molecule has 4 rings (SSSR count). The number of benzene rings is 1. The molecule has 25 heavy (non-hydrogen) atoms. The lowest BCUT2D eigenvalue weighted by molar-refractivity contribution is 0.0948. The fourth-order valence-corrected chi connectivity index (χ4v) is 2.70. The number of anilines is 1. The fourth-order valence-electron chi connectivity index (χ4n) is 2.70. The predicted octanol–water partition coefficient (Wildman–Crippen LogP) is 2.99. The molecule has 0 bridgehead atoms. The lowest BCUT2D eigenvalue weighted by Crippen LogP contribution is -2.37. The Morgan fingerprint density at radius 1 is 1.24 bits per heavy atom. The molecule has 0 N–H and O–H groups in total. The van der Waals surface area contributed by atoms with Crippen molar-refractivity contribution < 1.29 is 18.3 Å². The van der Waals surface area contributed by atoms with Crippen molar-refractivity contribution in [2.45, 2.75) is 13.0 Å². The predicted molar refractivity (Wildman–Crippen MR) is 86.9 cm³/mol. The van der Waals surface area contributed by atoms with E-state index in [1.165, 1.54) is 17.2 Å². The van der Waals surface area contributed by atoms with Crippen molar-refractivity contribution in [3.05, 3.63) is 72.0 Å². The zero-order valence-corrected chi connectivity index (χ0v) is 13.2. The third kappa shape index (κ3) is 3.08. The minimum Gasteiger partial charge on any atom is -0.484 e. The highest BCUT2D eigenvalue weighted by Gasteiger charge is 2.31. The highest BCUT2D eigenvalue weighted by Crippen LogP contribution is 2.25. The molecule has 0 aliphatic carbocycles. The number of carbonyl (C=O) groups is 1. The van der Waals surface area contributed by atoms with Crippen molar-refractivity contribution in [3.8, 4) is 5.75 Å². The Labute approximate surface area is 142 Å². The number of nitrogens with zero attached hydrogens (tertiary/aromatic N) is 3. The molecule has 1 aliphatic heterocycles. The van der Waals surface area contributed by atoms with Gasteiger partial charge >= 0.3 is 0 Å². The third-order valence-corrected chi connectivity index (χ3v) is 3.86. The summed E-state index contributed by atoms with van der Waals surface area (Å²) in [5.74, 6) is 0.346. The van der Waals surface area contributed by atoms with E-state index < -0.39 is 5.82 Å². The maximum Gasteiger partial charge on any atom is 0.296 e. The number of halogens is 1. The highest BCUT2D eigenvalue weighted by molar-refractivity contribution is 6.05. The van der Waals surface area contributed by atoms with E-state index in [1.807, 2.05) is 30.3 Å². The number of amides is 1. The molecule has 1 aromatic carbocycles. The molecule has 3 heterocycles. The van der Waals surface area contributed by atoms with E-state index in [4.69, 9.17) is 9.15 Å². The highest BCUT2D eigenvalue weighted by atomic mass is 19.1. The van der Waals surface area contributed by atoms with Gasteiger partial charge in [0, 0.05) is 19.0 Å². The van der Waals surface area contributed by atoms with Gasteiger partial charge in [0.2, 0.25) is 11.7 Å². The number of pyridine rings is 1. The van der Waals surface area contributed by atoms with Gasteiger partial charge in [0.1, 0.15) is 11.6 Å². The first kappa shape index (κ1) is 15.3. The second-order valence-electron chi connectivity index (χ2n) is 5.55. The van der Waals surface area contributed by atoms with E-state index >= 15 is 0 Å². The van der Waals surface area contributed by atoms with Crippen LogP contribution in [-0.4, -0.2) is 22.4 Å². The van der Waals surface area contributed by atoms with Gasteiger partial charge < -0.3 is 14.1 Å². The number of rotatable bonds is 4. The molecule has 0 fully saturated rings. The summed E-state index contributed by atoms with van der Waals surface area (Å²) in [6.07, 6.45) is 3.06. The summed E-state index contributed by atoms with van der Waals surface area (Å²) in [5, 5.41) is 0. The Balaban J connectivity index is 1.53. The largest absolute Gasteiger partial charge is 0.484 e. The molecule has 126 valence electrons. The normalized spacial score (nSPS) is 13.6. The van der Waals surface area contributed by atoms with Gasteiger partial charge in [-0.3, -0.25) is 9.78 Å². The molecule has 1 aliphatic rings. The van der Waals surface area contributed by atoms with E-state index in [1.54, 1.807) is 0 Å². The molecule has 1 amide bonds. The van der Waals surface area contributed by atoms with Crippen LogP contribution in [-0.2, 0) is 13.0 Å². The Morgan fingerprint density at radius 2 is 2.08 bits per heavy atom. The van der Waals surface area contributed by atoms with Crippen molar-refractivity contribution in [1.82, 2.24) is 9.97 Å². The number of aromatic nitrogens is 2. The van der Waals surface area contributed by atoms with Gasteiger partial charge in [-0.25, -0.2) is 9.37 Å². The summed E-state index contributed by atoms with van der Waals surface area (Å²) in [4.78, 5) is 22.2. The first-order valence-corrected chi connectivity index (χ1v) is 7.79. The summed E-state index contributed by atoms with van der Waals surface area (Å²) in [6.45, 7) is 0.522. The Hall–Kier alpha value is -3.22. The van der Waals surface area contributed by atoms with Crippen molar-refractivity contribution in [3.63, 3.8) is 0 Å². The Bertz CT molecular complexity index is 911. The van der Waals surface area contributed by atoms with Crippen LogP contribution in [0.15, 0.2) is 53.2 Å². The topological polar surface area (TPSA) is 68.5 Å². The number of carbonyl (C=O) groups excluding carboxylic acids is 1. The van der Waals surface area contributed by atoms with Gasteiger partial charge in [-0.05, 0) is 12.1 Å². The van der Waals surface area contributed by atoms with Crippen LogP contribution < -0.4 is 9.64 Å². The van der Waals surface area contributed by atoms with E-state index in [0.717, 1.165) is 6.20 Å². The Morgan fingerprint density at radius 3 is 2.88 bits per heavy atom. The second kappa shape index (κ2) is 6.35. The van der Waals surface area contributed by atoms with Crippen molar-refractivity contribution in [1.29, 1.82) is 0 Å². The Kier molecular flexibility index (Phi) is 3.89. The van der Waals surface area contributed by atoms with Crippen molar-refractivity contribution in [2.75, 3.05) is 11.4 Å². The van der Waals surface area contributed by atoms with E-state index in [0.29, 0.717) is 36.0 Å². The maximum atomic E-state index is 13.4.